The fraction of sp³-hybridized carbons (Fsp3) is 0.857. The minimum atomic E-state index is 0. The van der Waals surface area contributed by atoms with Gasteiger partial charge in [-0.25, -0.2) is 0 Å². The van der Waals surface area contributed by atoms with E-state index in [1.165, 1.54) is 0 Å². The molecule has 1 rings (SSSR count). The third kappa shape index (κ3) is 3.08. The fourth-order valence-electron chi connectivity index (χ4n) is 1.27. The highest BCUT2D eigenvalue weighted by molar-refractivity contribution is 5.86. The number of hydrogen-bond donors (Lipinski definition) is 1. The third-order valence-electron chi connectivity index (χ3n) is 1.93. The SMILES string of the molecule is CCN1CCC/C(=N\O)C1.Cl. The molecule has 1 N–H and O–H groups in total. The quantitative estimate of drug-likeness (QED) is 0.486. The average molecular weight is 179 g/mol. The molecule has 0 amide bonds. The van der Waals surface area contributed by atoms with Crippen molar-refractivity contribution in [1.82, 2.24) is 4.90 Å². The lowest BCUT2D eigenvalue weighted by Crippen LogP contribution is -2.35. The summed E-state index contributed by atoms with van der Waals surface area (Å²) >= 11 is 0. The van der Waals surface area contributed by atoms with E-state index in [1.54, 1.807) is 0 Å². The molecule has 0 aromatic carbocycles. The van der Waals surface area contributed by atoms with Crippen LogP contribution in [-0.2, 0) is 0 Å². The van der Waals surface area contributed by atoms with Crippen LogP contribution in [0.25, 0.3) is 0 Å². The number of halogens is 1. The number of oxime groups is 1. The van der Waals surface area contributed by atoms with Crippen LogP contribution in [-0.4, -0.2) is 35.5 Å². The lowest BCUT2D eigenvalue weighted by molar-refractivity contribution is 0.281. The molecule has 0 spiro atoms. The van der Waals surface area contributed by atoms with Crippen LogP contribution in [0, 0.1) is 0 Å². The molecule has 0 atom stereocenters. The first-order valence-electron chi connectivity index (χ1n) is 3.79. The minimum absolute atomic E-state index is 0. The molecule has 0 bridgehead atoms. The highest BCUT2D eigenvalue weighted by Crippen LogP contribution is 2.05. The molecule has 66 valence electrons. The van der Waals surface area contributed by atoms with Crippen LogP contribution >= 0.6 is 12.4 Å². The molecule has 0 aromatic rings. The summed E-state index contributed by atoms with van der Waals surface area (Å²) < 4.78 is 0. The summed E-state index contributed by atoms with van der Waals surface area (Å²) in [5.41, 5.74) is 0.924. The summed E-state index contributed by atoms with van der Waals surface area (Å²) in [6.45, 7) is 5.18. The van der Waals surface area contributed by atoms with E-state index in [1.807, 2.05) is 0 Å². The third-order valence-corrected chi connectivity index (χ3v) is 1.93. The zero-order valence-electron chi connectivity index (χ0n) is 6.79. The number of nitrogens with zero attached hydrogens (tertiary/aromatic N) is 2. The zero-order chi connectivity index (χ0) is 7.40. The van der Waals surface area contributed by atoms with Gasteiger partial charge in [-0.2, -0.15) is 0 Å². The van der Waals surface area contributed by atoms with Gasteiger partial charge in [0.05, 0.1) is 5.71 Å². The lowest BCUT2D eigenvalue weighted by Gasteiger charge is -2.25. The summed E-state index contributed by atoms with van der Waals surface area (Å²) in [5.74, 6) is 0. The summed E-state index contributed by atoms with van der Waals surface area (Å²) in [4.78, 5) is 2.28. The van der Waals surface area contributed by atoms with Crippen molar-refractivity contribution < 1.29 is 5.21 Å². The lowest BCUT2D eigenvalue weighted by atomic mass is 10.1. The van der Waals surface area contributed by atoms with Gasteiger partial charge in [-0.3, -0.25) is 4.90 Å². The average Bonchev–Trinajstić information content (AvgIpc) is 2.05. The molecule has 0 unspecified atom stereocenters. The van der Waals surface area contributed by atoms with Gasteiger partial charge in [0, 0.05) is 6.54 Å². The topological polar surface area (TPSA) is 35.8 Å². The molecular weight excluding hydrogens is 164 g/mol. The van der Waals surface area contributed by atoms with Crippen LogP contribution in [0.2, 0.25) is 0 Å². The van der Waals surface area contributed by atoms with Crippen LogP contribution in [0.4, 0.5) is 0 Å². The smallest absolute Gasteiger partial charge is 0.0711 e. The van der Waals surface area contributed by atoms with E-state index in [9.17, 15) is 0 Å². The Morgan fingerprint density at radius 1 is 1.64 bits per heavy atom. The summed E-state index contributed by atoms with van der Waals surface area (Å²) in [6.07, 6.45) is 2.10. The van der Waals surface area contributed by atoms with Gasteiger partial charge >= 0.3 is 0 Å². The maximum atomic E-state index is 8.47. The Morgan fingerprint density at radius 2 is 2.36 bits per heavy atom. The fourth-order valence-corrected chi connectivity index (χ4v) is 1.27. The van der Waals surface area contributed by atoms with Crippen LogP contribution < -0.4 is 0 Å². The van der Waals surface area contributed by atoms with Crippen molar-refractivity contribution >= 4 is 18.1 Å². The Bertz CT molecular complexity index is 138. The van der Waals surface area contributed by atoms with Gasteiger partial charge < -0.3 is 5.21 Å². The van der Waals surface area contributed by atoms with Gasteiger partial charge in [0.15, 0.2) is 0 Å². The van der Waals surface area contributed by atoms with E-state index in [0.29, 0.717) is 0 Å². The molecule has 1 aliphatic rings. The van der Waals surface area contributed by atoms with Crippen molar-refractivity contribution in [3.05, 3.63) is 0 Å². The van der Waals surface area contributed by atoms with Gasteiger partial charge in [-0.15, -0.1) is 12.4 Å². The maximum Gasteiger partial charge on any atom is 0.0711 e. The van der Waals surface area contributed by atoms with E-state index >= 15 is 0 Å². The largest absolute Gasteiger partial charge is 0.411 e. The molecule has 0 aromatic heterocycles. The number of hydrogen-bond acceptors (Lipinski definition) is 3. The van der Waals surface area contributed by atoms with Crippen LogP contribution in [0.3, 0.4) is 0 Å². The first-order chi connectivity index (χ1) is 4.86. The van der Waals surface area contributed by atoms with Crippen molar-refractivity contribution in [2.45, 2.75) is 19.8 Å². The molecule has 1 fully saturated rings. The Balaban J connectivity index is 0.000001000. The van der Waals surface area contributed by atoms with Crippen LogP contribution in [0.1, 0.15) is 19.8 Å². The van der Waals surface area contributed by atoms with Crippen molar-refractivity contribution in [1.29, 1.82) is 0 Å². The minimum Gasteiger partial charge on any atom is -0.411 e. The molecule has 1 aliphatic heterocycles. The molecule has 1 heterocycles. The zero-order valence-corrected chi connectivity index (χ0v) is 7.60. The highest BCUT2D eigenvalue weighted by atomic mass is 35.5. The molecule has 4 heteroatoms. The Morgan fingerprint density at radius 3 is 2.91 bits per heavy atom. The first kappa shape index (κ1) is 10.7. The summed E-state index contributed by atoms with van der Waals surface area (Å²) in [6, 6.07) is 0. The van der Waals surface area contributed by atoms with E-state index in [0.717, 1.165) is 38.2 Å². The number of rotatable bonds is 1. The second kappa shape index (κ2) is 5.38. The van der Waals surface area contributed by atoms with E-state index in [2.05, 4.69) is 17.0 Å². The van der Waals surface area contributed by atoms with E-state index in [-0.39, 0.29) is 12.4 Å². The van der Waals surface area contributed by atoms with Crippen molar-refractivity contribution in [3.8, 4) is 0 Å². The van der Waals surface area contributed by atoms with Gasteiger partial charge in [-0.05, 0) is 25.9 Å². The monoisotopic (exact) mass is 178 g/mol. The predicted octanol–water partition coefficient (Wildman–Crippen LogP) is 1.35. The Labute approximate surface area is 73.5 Å². The first-order valence-corrected chi connectivity index (χ1v) is 3.79. The summed E-state index contributed by atoms with van der Waals surface area (Å²) in [7, 11) is 0. The highest BCUT2D eigenvalue weighted by Gasteiger charge is 2.13. The Kier molecular flexibility index (Phi) is 5.24. The molecule has 0 radical (unpaired) electrons. The van der Waals surface area contributed by atoms with E-state index in [4.69, 9.17) is 5.21 Å². The maximum absolute atomic E-state index is 8.47. The van der Waals surface area contributed by atoms with E-state index < -0.39 is 0 Å². The van der Waals surface area contributed by atoms with Gasteiger partial charge in [-0.1, -0.05) is 12.1 Å². The van der Waals surface area contributed by atoms with Crippen molar-refractivity contribution in [2.24, 2.45) is 5.16 Å². The standard InChI is InChI=1S/C7H14N2O.ClH/c1-2-9-5-3-4-7(6-9)8-10;/h10H,2-6H2,1H3;1H/b8-7+;. The molecule has 11 heavy (non-hydrogen) atoms. The predicted molar refractivity (Wildman–Crippen MR) is 47.8 cm³/mol. The van der Waals surface area contributed by atoms with Gasteiger partial charge in [0.1, 0.15) is 0 Å². The molecular formula is C7H15ClN2O. The molecule has 0 saturated carbocycles. The summed E-state index contributed by atoms with van der Waals surface area (Å²) in [5, 5.41) is 11.7. The van der Waals surface area contributed by atoms with Gasteiger partial charge in [0.2, 0.25) is 0 Å². The molecule has 3 nitrogen and oxygen atoms in total. The van der Waals surface area contributed by atoms with Crippen molar-refractivity contribution in [3.63, 3.8) is 0 Å². The Hall–Kier alpha value is -0.280. The normalized spacial score (nSPS) is 23.2. The number of likely N-dealkylation sites (tertiary alicyclic amines) is 1. The van der Waals surface area contributed by atoms with Gasteiger partial charge in [0.25, 0.3) is 0 Å². The molecule has 1 saturated heterocycles. The number of piperidine rings is 1. The van der Waals surface area contributed by atoms with Crippen LogP contribution in [0.15, 0.2) is 5.16 Å². The second-order valence-corrected chi connectivity index (χ2v) is 2.64. The van der Waals surface area contributed by atoms with Crippen LogP contribution in [0.5, 0.6) is 0 Å². The second-order valence-electron chi connectivity index (χ2n) is 2.64. The molecule has 0 aliphatic carbocycles. The van der Waals surface area contributed by atoms with Crippen molar-refractivity contribution in [2.75, 3.05) is 19.6 Å².